The molecule has 2 unspecified atom stereocenters. The number of fused-ring (bicyclic) bond motifs is 1. The van der Waals surface area contributed by atoms with Gasteiger partial charge in [-0.25, -0.2) is 9.97 Å². The molecule has 136 valence electrons. The first-order valence-electron chi connectivity index (χ1n) is 9.10. The van der Waals surface area contributed by atoms with Gasteiger partial charge in [0.1, 0.15) is 11.6 Å². The predicted molar refractivity (Wildman–Crippen MR) is 106 cm³/mol. The van der Waals surface area contributed by atoms with Gasteiger partial charge in [0.2, 0.25) is 0 Å². The van der Waals surface area contributed by atoms with Crippen molar-refractivity contribution in [1.29, 1.82) is 0 Å². The van der Waals surface area contributed by atoms with E-state index in [9.17, 15) is 0 Å². The molecule has 2 atom stereocenters. The normalized spacial score (nSPS) is 21.5. The molecule has 2 fully saturated rings. The van der Waals surface area contributed by atoms with Crippen LogP contribution in [0.15, 0.2) is 55.2 Å². The highest BCUT2D eigenvalue weighted by Crippen LogP contribution is 2.34. The van der Waals surface area contributed by atoms with E-state index >= 15 is 0 Å². The maximum absolute atomic E-state index is 5.95. The third kappa shape index (κ3) is 3.21. The van der Waals surface area contributed by atoms with Crippen molar-refractivity contribution in [3.63, 3.8) is 0 Å². The molecule has 2 aliphatic rings. The molecule has 0 amide bonds. The molecule has 0 bridgehead atoms. The lowest BCUT2D eigenvalue weighted by Crippen LogP contribution is -2.29. The summed E-state index contributed by atoms with van der Waals surface area (Å²) in [6.45, 7) is 4.07. The molecule has 1 aromatic carbocycles. The molecule has 0 spiro atoms. The van der Waals surface area contributed by atoms with Crippen LogP contribution in [0.2, 0.25) is 5.02 Å². The van der Waals surface area contributed by atoms with Crippen molar-refractivity contribution in [3.05, 3.63) is 60.3 Å². The van der Waals surface area contributed by atoms with Crippen LogP contribution < -0.4 is 9.80 Å². The van der Waals surface area contributed by atoms with Crippen LogP contribution in [0.3, 0.4) is 0 Å². The van der Waals surface area contributed by atoms with Crippen molar-refractivity contribution < 1.29 is 0 Å². The van der Waals surface area contributed by atoms with Gasteiger partial charge in [-0.15, -0.1) is 0 Å². The maximum Gasteiger partial charge on any atom is 0.147 e. The molecule has 2 saturated heterocycles. The molecule has 0 radical (unpaired) electrons. The highest BCUT2D eigenvalue weighted by Gasteiger charge is 2.40. The summed E-state index contributed by atoms with van der Waals surface area (Å²) in [5.41, 5.74) is 1.89. The van der Waals surface area contributed by atoms with Gasteiger partial charge in [-0.2, -0.15) is 0 Å². The standard InChI is InChI=1S/C20H19ClN6/c21-17-3-1-14(2-4-17)18-7-25-20(9-24-18)27-12-15-10-26(11-16(15)13-27)19-8-22-5-6-23-19/h1-9,15-16H,10-13H2. The summed E-state index contributed by atoms with van der Waals surface area (Å²) >= 11 is 5.95. The number of halogens is 1. The molecule has 5 rings (SSSR count). The molecule has 27 heavy (non-hydrogen) atoms. The van der Waals surface area contributed by atoms with E-state index in [1.807, 2.05) is 42.9 Å². The first-order chi connectivity index (χ1) is 13.3. The summed E-state index contributed by atoms with van der Waals surface area (Å²) in [5.74, 6) is 3.19. The van der Waals surface area contributed by atoms with Gasteiger partial charge >= 0.3 is 0 Å². The molecular formula is C20H19ClN6. The second kappa shape index (κ2) is 6.78. The lowest BCUT2D eigenvalue weighted by atomic mass is 10.0. The van der Waals surface area contributed by atoms with E-state index in [2.05, 4.69) is 29.7 Å². The Labute approximate surface area is 162 Å². The topological polar surface area (TPSA) is 58.0 Å². The molecule has 7 heteroatoms. The van der Waals surface area contributed by atoms with E-state index in [0.717, 1.165) is 54.1 Å². The zero-order valence-electron chi connectivity index (χ0n) is 14.7. The minimum absolute atomic E-state index is 0.629. The monoisotopic (exact) mass is 378 g/mol. The Balaban J connectivity index is 1.26. The number of nitrogens with zero attached hydrogens (tertiary/aromatic N) is 6. The number of rotatable bonds is 3. The molecule has 2 aromatic heterocycles. The number of hydrogen-bond acceptors (Lipinski definition) is 6. The summed E-state index contributed by atoms with van der Waals surface area (Å²) in [7, 11) is 0. The van der Waals surface area contributed by atoms with Crippen molar-refractivity contribution in [2.24, 2.45) is 11.8 Å². The molecule has 0 aliphatic carbocycles. The van der Waals surface area contributed by atoms with Crippen molar-refractivity contribution >= 4 is 23.2 Å². The Kier molecular flexibility index (Phi) is 4.13. The van der Waals surface area contributed by atoms with Crippen LogP contribution in [0.25, 0.3) is 11.3 Å². The third-order valence-electron chi connectivity index (χ3n) is 5.46. The quantitative estimate of drug-likeness (QED) is 0.697. The maximum atomic E-state index is 5.95. The summed E-state index contributed by atoms with van der Waals surface area (Å²) in [6.07, 6.45) is 9.05. The van der Waals surface area contributed by atoms with Gasteiger partial charge in [0.05, 0.1) is 24.3 Å². The fourth-order valence-electron chi connectivity index (χ4n) is 4.08. The minimum atomic E-state index is 0.629. The summed E-state index contributed by atoms with van der Waals surface area (Å²) < 4.78 is 0. The summed E-state index contributed by atoms with van der Waals surface area (Å²) in [5, 5.41) is 0.725. The highest BCUT2D eigenvalue weighted by atomic mass is 35.5. The molecule has 2 aliphatic heterocycles. The van der Waals surface area contributed by atoms with E-state index in [1.165, 1.54) is 0 Å². The van der Waals surface area contributed by atoms with Crippen LogP contribution in [0.4, 0.5) is 11.6 Å². The Hall–Kier alpha value is -2.73. The van der Waals surface area contributed by atoms with Crippen LogP contribution in [0.5, 0.6) is 0 Å². The second-order valence-electron chi connectivity index (χ2n) is 7.16. The van der Waals surface area contributed by atoms with Crippen LogP contribution in [0, 0.1) is 11.8 Å². The van der Waals surface area contributed by atoms with E-state index in [-0.39, 0.29) is 0 Å². The molecule has 0 saturated carbocycles. The number of benzene rings is 1. The van der Waals surface area contributed by atoms with Crippen molar-refractivity contribution in [3.8, 4) is 11.3 Å². The number of aromatic nitrogens is 4. The number of hydrogen-bond donors (Lipinski definition) is 0. The van der Waals surface area contributed by atoms with Crippen molar-refractivity contribution in [2.75, 3.05) is 36.0 Å². The molecule has 3 aromatic rings. The number of anilines is 2. The minimum Gasteiger partial charge on any atom is -0.355 e. The van der Waals surface area contributed by atoms with Gasteiger partial charge < -0.3 is 9.80 Å². The van der Waals surface area contributed by atoms with E-state index < -0.39 is 0 Å². The molecule has 4 heterocycles. The zero-order chi connectivity index (χ0) is 18.2. The van der Waals surface area contributed by atoms with Gasteiger partial charge in [-0.1, -0.05) is 23.7 Å². The average Bonchev–Trinajstić information content (AvgIpc) is 3.29. The van der Waals surface area contributed by atoms with E-state index in [0.29, 0.717) is 11.8 Å². The predicted octanol–water partition coefficient (Wildman–Crippen LogP) is 3.16. The Bertz CT molecular complexity index is 901. The average molecular weight is 379 g/mol. The van der Waals surface area contributed by atoms with Crippen LogP contribution in [0.1, 0.15) is 0 Å². The van der Waals surface area contributed by atoms with E-state index in [1.54, 1.807) is 12.4 Å². The van der Waals surface area contributed by atoms with Crippen LogP contribution in [-0.2, 0) is 0 Å². The van der Waals surface area contributed by atoms with Gasteiger partial charge in [0.15, 0.2) is 0 Å². The Morgan fingerprint density at radius 1 is 0.741 bits per heavy atom. The molecule has 0 N–H and O–H groups in total. The van der Waals surface area contributed by atoms with Gasteiger partial charge in [0, 0.05) is 61.0 Å². The van der Waals surface area contributed by atoms with Crippen LogP contribution in [-0.4, -0.2) is 46.1 Å². The molecular weight excluding hydrogens is 360 g/mol. The van der Waals surface area contributed by atoms with Gasteiger partial charge in [-0.05, 0) is 12.1 Å². The van der Waals surface area contributed by atoms with Crippen molar-refractivity contribution in [1.82, 2.24) is 19.9 Å². The highest BCUT2D eigenvalue weighted by molar-refractivity contribution is 6.30. The molecule has 6 nitrogen and oxygen atoms in total. The SMILES string of the molecule is Clc1ccc(-c2cnc(N3CC4CN(c5cnccn5)CC4C3)cn2)cc1. The fourth-order valence-corrected chi connectivity index (χ4v) is 4.20. The summed E-state index contributed by atoms with van der Waals surface area (Å²) in [4.78, 5) is 22.6. The van der Waals surface area contributed by atoms with E-state index in [4.69, 9.17) is 11.6 Å². The van der Waals surface area contributed by atoms with Gasteiger partial charge in [0.25, 0.3) is 0 Å². The smallest absolute Gasteiger partial charge is 0.147 e. The lowest BCUT2D eigenvalue weighted by Gasteiger charge is -2.22. The first kappa shape index (κ1) is 16.4. The van der Waals surface area contributed by atoms with Crippen molar-refractivity contribution in [2.45, 2.75) is 0 Å². The summed E-state index contributed by atoms with van der Waals surface area (Å²) in [6, 6.07) is 7.68. The van der Waals surface area contributed by atoms with Gasteiger partial charge in [-0.3, -0.25) is 9.97 Å². The lowest BCUT2D eigenvalue weighted by molar-refractivity contribution is 0.533. The largest absolute Gasteiger partial charge is 0.355 e. The zero-order valence-corrected chi connectivity index (χ0v) is 15.5. The first-order valence-corrected chi connectivity index (χ1v) is 9.48. The fraction of sp³-hybridized carbons (Fsp3) is 0.300. The van der Waals surface area contributed by atoms with Crippen LogP contribution >= 0.6 is 11.6 Å². The second-order valence-corrected chi connectivity index (χ2v) is 7.60. The Morgan fingerprint density at radius 3 is 1.96 bits per heavy atom. The third-order valence-corrected chi connectivity index (χ3v) is 5.71. The Morgan fingerprint density at radius 2 is 1.41 bits per heavy atom.